The SMILES string of the molecule is N/C(=N/O)c1ccc(Br)cc1-n1cnc2c1CCCC2. The molecular formula is C14H15BrN4O. The first-order chi connectivity index (χ1) is 9.70. The number of nitrogens with zero attached hydrogens (tertiary/aromatic N) is 3. The second-order valence-electron chi connectivity index (χ2n) is 4.86. The number of aromatic nitrogens is 2. The smallest absolute Gasteiger partial charge is 0.172 e. The molecule has 1 aliphatic carbocycles. The van der Waals surface area contributed by atoms with Gasteiger partial charge in [0.2, 0.25) is 0 Å². The highest BCUT2D eigenvalue weighted by atomic mass is 79.9. The molecule has 1 aromatic carbocycles. The van der Waals surface area contributed by atoms with Gasteiger partial charge in [-0.15, -0.1) is 0 Å². The fourth-order valence-electron chi connectivity index (χ4n) is 2.65. The lowest BCUT2D eigenvalue weighted by Gasteiger charge is -2.16. The van der Waals surface area contributed by atoms with E-state index in [1.54, 1.807) is 0 Å². The van der Waals surface area contributed by atoms with Crippen molar-refractivity contribution in [1.82, 2.24) is 9.55 Å². The Morgan fingerprint density at radius 2 is 2.15 bits per heavy atom. The summed E-state index contributed by atoms with van der Waals surface area (Å²) in [5.74, 6) is 0.103. The minimum absolute atomic E-state index is 0.103. The van der Waals surface area contributed by atoms with Crippen LogP contribution in [-0.4, -0.2) is 20.6 Å². The van der Waals surface area contributed by atoms with Gasteiger partial charge >= 0.3 is 0 Å². The zero-order chi connectivity index (χ0) is 14.1. The Hall–Kier alpha value is -1.82. The van der Waals surface area contributed by atoms with Gasteiger partial charge in [-0.25, -0.2) is 4.98 Å². The van der Waals surface area contributed by atoms with Gasteiger partial charge in [0.05, 0.1) is 17.7 Å². The fraction of sp³-hybridized carbons (Fsp3) is 0.286. The maximum atomic E-state index is 8.94. The number of fused-ring (bicyclic) bond motifs is 1. The Kier molecular flexibility index (Phi) is 3.48. The van der Waals surface area contributed by atoms with E-state index >= 15 is 0 Å². The lowest BCUT2D eigenvalue weighted by atomic mass is 10.0. The number of hydrogen-bond acceptors (Lipinski definition) is 3. The standard InChI is InChI=1S/C14H15BrN4O/c15-9-5-6-10(14(16)18-20)13(7-9)19-8-17-11-3-1-2-4-12(11)19/h5-8,20H,1-4H2,(H2,16,18). The van der Waals surface area contributed by atoms with Crippen molar-refractivity contribution in [3.8, 4) is 5.69 Å². The van der Waals surface area contributed by atoms with Crippen LogP contribution in [0.1, 0.15) is 29.8 Å². The lowest BCUT2D eigenvalue weighted by Crippen LogP contribution is -2.17. The highest BCUT2D eigenvalue weighted by molar-refractivity contribution is 9.10. The molecule has 6 heteroatoms. The third-order valence-corrected chi connectivity index (χ3v) is 4.13. The fourth-order valence-corrected chi connectivity index (χ4v) is 3.00. The molecule has 1 aromatic heterocycles. The van der Waals surface area contributed by atoms with Crippen molar-refractivity contribution >= 4 is 21.8 Å². The van der Waals surface area contributed by atoms with Crippen LogP contribution in [0, 0.1) is 0 Å². The van der Waals surface area contributed by atoms with Gasteiger partial charge in [0, 0.05) is 15.7 Å². The van der Waals surface area contributed by atoms with Gasteiger partial charge in [-0.1, -0.05) is 21.1 Å². The van der Waals surface area contributed by atoms with Crippen LogP contribution in [0.25, 0.3) is 5.69 Å². The molecule has 0 radical (unpaired) electrons. The van der Waals surface area contributed by atoms with E-state index in [9.17, 15) is 0 Å². The molecule has 3 rings (SSSR count). The molecule has 1 aliphatic rings. The topological polar surface area (TPSA) is 76.4 Å². The summed E-state index contributed by atoms with van der Waals surface area (Å²) in [6.45, 7) is 0. The van der Waals surface area contributed by atoms with E-state index in [2.05, 4.69) is 26.1 Å². The molecule has 0 saturated heterocycles. The molecule has 20 heavy (non-hydrogen) atoms. The second kappa shape index (κ2) is 5.28. The Morgan fingerprint density at radius 1 is 1.35 bits per heavy atom. The van der Waals surface area contributed by atoms with Crippen LogP contribution >= 0.6 is 15.9 Å². The maximum Gasteiger partial charge on any atom is 0.172 e. The first-order valence-corrected chi connectivity index (χ1v) is 7.33. The average molecular weight is 335 g/mol. The molecule has 0 aliphatic heterocycles. The third kappa shape index (κ3) is 2.20. The van der Waals surface area contributed by atoms with Crippen LogP contribution in [0.15, 0.2) is 34.2 Å². The van der Waals surface area contributed by atoms with Crippen LogP contribution in [0.3, 0.4) is 0 Å². The predicted molar refractivity (Wildman–Crippen MR) is 80.4 cm³/mol. The van der Waals surface area contributed by atoms with E-state index in [4.69, 9.17) is 10.9 Å². The second-order valence-corrected chi connectivity index (χ2v) is 5.78. The molecule has 2 aromatic rings. The summed E-state index contributed by atoms with van der Waals surface area (Å²) in [6, 6.07) is 5.67. The van der Waals surface area contributed by atoms with E-state index in [1.807, 2.05) is 29.1 Å². The summed E-state index contributed by atoms with van der Waals surface area (Å²) in [4.78, 5) is 4.49. The summed E-state index contributed by atoms with van der Waals surface area (Å²) in [7, 11) is 0. The number of oxime groups is 1. The van der Waals surface area contributed by atoms with E-state index in [0.29, 0.717) is 5.56 Å². The van der Waals surface area contributed by atoms with E-state index in [0.717, 1.165) is 28.7 Å². The number of rotatable bonds is 2. The Bertz CT molecular complexity index is 678. The number of imidazole rings is 1. The number of benzene rings is 1. The Labute approximate surface area is 125 Å². The molecule has 0 fully saturated rings. The summed E-state index contributed by atoms with van der Waals surface area (Å²) in [5.41, 5.74) is 9.73. The summed E-state index contributed by atoms with van der Waals surface area (Å²) in [5, 5.41) is 12.1. The number of halogens is 1. The van der Waals surface area contributed by atoms with Gasteiger partial charge in [-0.05, 0) is 43.9 Å². The normalized spacial score (nSPS) is 15.2. The predicted octanol–water partition coefficient (Wildman–Crippen LogP) is 2.61. The minimum atomic E-state index is 0.103. The molecule has 0 amide bonds. The summed E-state index contributed by atoms with van der Waals surface area (Å²) in [6.07, 6.45) is 6.22. The average Bonchev–Trinajstić information content (AvgIpc) is 2.90. The van der Waals surface area contributed by atoms with E-state index in [1.165, 1.54) is 18.5 Å². The zero-order valence-corrected chi connectivity index (χ0v) is 12.5. The molecule has 0 atom stereocenters. The van der Waals surface area contributed by atoms with Crippen LogP contribution in [-0.2, 0) is 12.8 Å². The van der Waals surface area contributed by atoms with E-state index in [-0.39, 0.29) is 5.84 Å². The molecule has 0 unspecified atom stereocenters. The van der Waals surface area contributed by atoms with Crippen LogP contribution < -0.4 is 5.73 Å². The van der Waals surface area contributed by atoms with Crippen molar-refractivity contribution in [3.63, 3.8) is 0 Å². The molecule has 0 spiro atoms. The number of nitrogens with two attached hydrogens (primary N) is 1. The van der Waals surface area contributed by atoms with Crippen molar-refractivity contribution in [2.45, 2.75) is 25.7 Å². The Morgan fingerprint density at radius 3 is 2.95 bits per heavy atom. The first kappa shape index (κ1) is 13.2. The summed E-state index contributed by atoms with van der Waals surface area (Å²) >= 11 is 3.47. The minimum Gasteiger partial charge on any atom is -0.409 e. The van der Waals surface area contributed by atoms with Gasteiger partial charge in [-0.2, -0.15) is 0 Å². The van der Waals surface area contributed by atoms with Crippen molar-refractivity contribution in [2.75, 3.05) is 0 Å². The number of aryl methyl sites for hydroxylation is 1. The molecular weight excluding hydrogens is 320 g/mol. The third-order valence-electron chi connectivity index (χ3n) is 3.63. The van der Waals surface area contributed by atoms with Crippen molar-refractivity contribution in [3.05, 3.63) is 46.0 Å². The Balaban J connectivity index is 2.19. The van der Waals surface area contributed by atoms with Crippen LogP contribution in [0.2, 0.25) is 0 Å². The van der Waals surface area contributed by atoms with Gasteiger partial charge in [0.1, 0.15) is 0 Å². The van der Waals surface area contributed by atoms with Gasteiger partial charge < -0.3 is 15.5 Å². The largest absolute Gasteiger partial charge is 0.409 e. The maximum absolute atomic E-state index is 8.94. The van der Waals surface area contributed by atoms with Crippen molar-refractivity contribution in [1.29, 1.82) is 0 Å². The summed E-state index contributed by atoms with van der Waals surface area (Å²) < 4.78 is 2.99. The molecule has 0 bridgehead atoms. The highest BCUT2D eigenvalue weighted by Gasteiger charge is 2.18. The zero-order valence-electron chi connectivity index (χ0n) is 10.9. The number of hydrogen-bond donors (Lipinski definition) is 2. The van der Waals surface area contributed by atoms with Gasteiger partial charge in [-0.3, -0.25) is 0 Å². The molecule has 5 nitrogen and oxygen atoms in total. The van der Waals surface area contributed by atoms with Crippen LogP contribution in [0.4, 0.5) is 0 Å². The monoisotopic (exact) mass is 334 g/mol. The molecule has 104 valence electrons. The van der Waals surface area contributed by atoms with Gasteiger partial charge in [0.25, 0.3) is 0 Å². The molecule has 1 heterocycles. The quantitative estimate of drug-likeness (QED) is 0.383. The lowest BCUT2D eigenvalue weighted by molar-refractivity contribution is 0.318. The molecule has 0 saturated carbocycles. The number of amidine groups is 1. The van der Waals surface area contributed by atoms with E-state index < -0.39 is 0 Å². The van der Waals surface area contributed by atoms with Crippen molar-refractivity contribution < 1.29 is 5.21 Å². The van der Waals surface area contributed by atoms with Crippen molar-refractivity contribution in [2.24, 2.45) is 10.9 Å². The van der Waals surface area contributed by atoms with Crippen LogP contribution in [0.5, 0.6) is 0 Å². The van der Waals surface area contributed by atoms with Gasteiger partial charge in [0.15, 0.2) is 5.84 Å². The highest BCUT2D eigenvalue weighted by Crippen LogP contribution is 2.27. The first-order valence-electron chi connectivity index (χ1n) is 6.53. The molecule has 3 N–H and O–H groups in total.